The Balaban J connectivity index is 1.49. The van der Waals surface area contributed by atoms with Gasteiger partial charge in [0.25, 0.3) is 0 Å². The zero-order valence-electron chi connectivity index (χ0n) is 19.9. The monoisotopic (exact) mass is 451 g/mol. The molecule has 1 aromatic carbocycles. The lowest BCUT2D eigenvalue weighted by molar-refractivity contribution is 0.00578. The lowest BCUT2D eigenvalue weighted by Gasteiger charge is -2.32. The van der Waals surface area contributed by atoms with Gasteiger partial charge in [0.05, 0.1) is 35.9 Å². The van der Waals surface area contributed by atoms with Crippen LogP contribution in [0.25, 0.3) is 5.69 Å². The molecular formula is C23H30BN5O4. The molecule has 1 aliphatic carbocycles. The first-order chi connectivity index (χ1) is 15.6. The Morgan fingerprint density at radius 2 is 1.94 bits per heavy atom. The van der Waals surface area contributed by atoms with Crippen molar-refractivity contribution in [1.82, 2.24) is 25.7 Å². The van der Waals surface area contributed by atoms with Crippen molar-refractivity contribution in [2.24, 2.45) is 5.92 Å². The zero-order valence-corrected chi connectivity index (χ0v) is 19.9. The van der Waals surface area contributed by atoms with Crippen molar-refractivity contribution < 1.29 is 18.8 Å². The number of hydrogen-bond donors (Lipinski definition) is 2. The third-order valence-corrected chi connectivity index (χ3v) is 7.10. The number of carbonyl (C=O) groups is 1. The number of rotatable bonds is 5. The average molecular weight is 451 g/mol. The van der Waals surface area contributed by atoms with Gasteiger partial charge in [-0.15, -0.1) is 5.53 Å². The molecule has 33 heavy (non-hydrogen) atoms. The lowest BCUT2D eigenvalue weighted by Crippen LogP contribution is -2.41. The van der Waals surface area contributed by atoms with Crippen molar-refractivity contribution in [3.63, 3.8) is 0 Å². The van der Waals surface area contributed by atoms with E-state index in [1.807, 2.05) is 74.9 Å². The maximum Gasteiger partial charge on any atom is 0.494 e. The van der Waals surface area contributed by atoms with Crippen LogP contribution in [-0.2, 0) is 14.0 Å². The Labute approximate surface area is 194 Å². The molecule has 2 unspecified atom stereocenters. The number of esters is 1. The topological polar surface area (TPSA) is 89.9 Å². The number of hydrogen-bond acceptors (Lipinski definition) is 8. The summed E-state index contributed by atoms with van der Waals surface area (Å²) < 4.78 is 19.4. The second-order valence-corrected chi connectivity index (χ2v) is 9.91. The van der Waals surface area contributed by atoms with Crippen molar-refractivity contribution in [1.29, 1.82) is 0 Å². The summed E-state index contributed by atoms with van der Waals surface area (Å²) in [5.74, 6) is 0.0364. The van der Waals surface area contributed by atoms with Gasteiger partial charge in [-0.05, 0) is 51.7 Å². The first-order valence-electron chi connectivity index (χ1n) is 11.2. The Hall–Kier alpha value is -2.82. The molecular weight excluding hydrogens is 421 g/mol. The van der Waals surface area contributed by atoms with Gasteiger partial charge < -0.3 is 19.5 Å². The van der Waals surface area contributed by atoms with Crippen molar-refractivity contribution in [2.75, 3.05) is 14.2 Å². The van der Waals surface area contributed by atoms with E-state index in [1.165, 1.54) is 7.11 Å². The second kappa shape index (κ2) is 7.61. The number of hydrazine groups is 2. The van der Waals surface area contributed by atoms with Crippen LogP contribution >= 0.6 is 0 Å². The summed E-state index contributed by atoms with van der Waals surface area (Å²) in [5, 5.41) is 6.46. The van der Waals surface area contributed by atoms with Crippen LogP contribution in [0.2, 0.25) is 0 Å². The highest BCUT2D eigenvalue weighted by molar-refractivity contribution is 6.62. The quantitative estimate of drug-likeness (QED) is 0.526. The van der Waals surface area contributed by atoms with Gasteiger partial charge in [0.15, 0.2) is 0 Å². The van der Waals surface area contributed by atoms with E-state index in [2.05, 4.69) is 16.1 Å². The van der Waals surface area contributed by atoms with Crippen LogP contribution in [0.4, 0.5) is 0 Å². The minimum Gasteiger partial charge on any atom is -0.465 e. The van der Waals surface area contributed by atoms with Crippen LogP contribution < -0.4 is 16.4 Å². The predicted octanol–water partition coefficient (Wildman–Crippen LogP) is 1.86. The molecule has 2 atom stereocenters. The maximum absolute atomic E-state index is 12.5. The van der Waals surface area contributed by atoms with E-state index in [0.717, 1.165) is 29.0 Å². The molecule has 0 bridgehead atoms. The molecule has 1 saturated carbocycles. The van der Waals surface area contributed by atoms with Gasteiger partial charge >= 0.3 is 13.1 Å². The second-order valence-electron chi connectivity index (χ2n) is 9.91. The van der Waals surface area contributed by atoms with Crippen LogP contribution in [0.3, 0.4) is 0 Å². The molecule has 0 radical (unpaired) electrons. The summed E-state index contributed by atoms with van der Waals surface area (Å²) in [6.45, 7) is 8.15. The van der Waals surface area contributed by atoms with Gasteiger partial charge in [0, 0.05) is 30.8 Å². The fourth-order valence-electron chi connectivity index (χ4n) is 4.43. The number of methoxy groups -OCH3 is 1. The molecule has 2 N–H and O–H groups in total. The predicted molar refractivity (Wildman–Crippen MR) is 124 cm³/mol. The van der Waals surface area contributed by atoms with Crippen molar-refractivity contribution in [3.05, 3.63) is 53.6 Å². The molecule has 2 fully saturated rings. The number of nitrogens with zero attached hydrogens (tertiary/aromatic N) is 3. The van der Waals surface area contributed by atoms with Gasteiger partial charge in [-0.3, -0.25) is 5.01 Å². The third kappa shape index (κ3) is 3.72. The molecule has 2 aromatic rings. The van der Waals surface area contributed by atoms with Crippen LogP contribution in [0.5, 0.6) is 0 Å². The van der Waals surface area contributed by atoms with E-state index in [-0.39, 0.29) is 17.8 Å². The summed E-state index contributed by atoms with van der Waals surface area (Å²) >= 11 is 0. The molecule has 3 aliphatic rings. The fourth-order valence-corrected chi connectivity index (χ4v) is 4.43. The van der Waals surface area contributed by atoms with Crippen LogP contribution in [0.15, 0.2) is 42.4 Å². The summed E-state index contributed by atoms with van der Waals surface area (Å²) in [7, 11) is 2.85. The van der Waals surface area contributed by atoms with Crippen molar-refractivity contribution >= 4 is 18.6 Å². The van der Waals surface area contributed by atoms with Crippen molar-refractivity contribution in [2.45, 2.75) is 51.2 Å². The third-order valence-electron chi connectivity index (χ3n) is 7.10. The summed E-state index contributed by atoms with van der Waals surface area (Å²) in [4.78, 5) is 12.5. The van der Waals surface area contributed by atoms with E-state index in [0.29, 0.717) is 5.56 Å². The van der Waals surface area contributed by atoms with Crippen LogP contribution in [-0.4, -0.2) is 53.2 Å². The molecule has 1 aromatic heterocycles. The summed E-state index contributed by atoms with van der Waals surface area (Å²) in [6, 6.07) is 7.94. The number of allylic oxidation sites excluding steroid dienone is 1. The molecule has 1 saturated heterocycles. The number of nitrogens with one attached hydrogen (secondary N) is 2. The molecule has 2 aliphatic heterocycles. The highest BCUT2D eigenvalue weighted by atomic mass is 16.7. The molecule has 9 nitrogen and oxygen atoms in total. The summed E-state index contributed by atoms with van der Waals surface area (Å²) in [6.07, 6.45) is 4.54. The molecule has 10 heteroatoms. The summed E-state index contributed by atoms with van der Waals surface area (Å²) in [5.41, 5.74) is 9.61. The maximum atomic E-state index is 12.5. The highest BCUT2D eigenvalue weighted by Crippen LogP contribution is 2.52. The molecule has 3 heterocycles. The fraction of sp³-hybridized carbons (Fsp3) is 0.478. The molecule has 0 spiro atoms. The Kier molecular flexibility index (Phi) is 5.08. The van der Waals surface area contributed by atoms with Crippen LogP contribution in [0, 0.1) is 5.92 Å². The van der Waals surface area contributed by atoms with Gasteiger partial charge in [0.1, 0.15) is 5.56 Å². The van der Waals surface area contributed by atoms with Gasteiger partial charge in [-0.1, -0.05) is 12.1 Å². The van der Waals surface area contributed by atoms with E-state index in [1.54, 1.807) is 6.20 Å². The molecule has 174 valence electrons. The van der Waals surface area contributed by atoms with E-state index < -0.39 is 18.3 Å². The van der Waals surface area contributed by atoms with E-state index in [4.69, 9.17) is 14.0 Å². The number of ether oxygens (including phenoxy) is 1. The van der Waals surface area contributed by atoms with Gasteiger partial charge in [0.2, 0.25) is 0 Å². The minimum atomic E-state index is -0.475. The lowest BCUT2D eigenvalue weighted by atomic mass is 9.79. The number of benzene rings is 1. The Morgan fingerprint density at radius 1 is 1.21 bits per heavy atom. The largest absolute Gasteiger partial charge is 0.494 e. The highest BCUT2D eigenvalue weighted by Gasteiger charge is 2.52. The first kappa shape index (κ1) is 22.0. The Morgan fingerprint density at radius 3 is 2.58 bits per heavy atom. The standard InChI is InChI=1S/C23H30BN5O4/c1-22(2)23(3,4)33-24(32-22)14-8-7-9-15(10-14)29-20(18(12-25-29)21(30)31-6)17-11-16(17)19-13-28(5)27-26-19/h7-10,12-13,16-17,26-27H,11H2,1-6H3. The van der Waals surface area contributed by atoms with E-state index in [9.17, 15) is 4.79 Å². The zero-order chi connectivity index (χ0) is 23.5. The van der Waals surface area contributed by atoms with Crippen LogP contribution in [0.1, 0.15) is 56.1 Å². The molecule has 0 amide bonds. The number of carbonyl (C=O) groups excluding carboxylic acids is 1. The smallest absolute Gasteiger partial charge is 0.465 e. The first-order valence-corrected chi connectivity index (χ1v) is 11.2. The number of aromatic nitrogens is 2. The minimum absolute atomic E-state index is 0.147. The Bertz CT molecular complexity index is 1110. The van der Waals surface area contributed by atoms with Gasteiger partial charge in [-0.2, -0.15) is 5.10 Å². The van der Waals surface area contributed by atoms with E-state index >= 15 is 0 Å². The molecule has 5 rings (SSSR count). The normalized spacial score (nSPS) is 25.1. The van der Waals surface area contributed by atoms with Crippen molar-refractivity contribution in [3.8, 4) is 5.69 Å². The van der Waals surface area contributed by atoms with Gasteiger partial charge in [-0.25, -0.2) is 9.48 Å². The average Bonchev–Trinajstić information content (AvgIpc) is 3.11. The SMILES string of the molecule is COC(=O)c1cnn(-c2cccc(B3OC(C)(C)C(C)(C)O3)c2)c1C1CC1C1=CN(C)NN1.